The third-order valence-corrected chi connectivity index (χ3v) is 3.71. The van der Waals surface area contributed by atoms with Crippen molar-refractivity contribution in [3.05, 3.63) is 0 Å². The van der Waals surface area contributed by atoms with Gasteiger partial charge in [-0.15, -0.1) is 0 Å². The number of likely N-dealkylation sites (tertiary alicyclic amines) is 1. The molecule has 0 aromatic rings. The van der Waals surface area contributed by atoms with Crippen molar-refractivity contribution < 1.29 is 13.2 Å². The van der Waals surface area contributed by atoms with Crippen molar-refractivity contribution in [2.45, 2.75) is 18.6 Å². The van der Waals surface area contributed by atoms with Gasteiger partial charge in [-0.05, 0) is 25.9 Å². The standard InChI is InChI=1S/C11H20F3N3/c1-16-4-2-9(7-16)8-17-5-3-15-6-10(17)11(12,13)14/h9-10,15H,2-8H2,1H3. The van der Waals surface area contributed by atoms with E-state index in [1.807, 2.05) is 7.05 Å². The average molecular weight is 251 g/mol. The molecule has 100 valence electrons. The summed E-state index contributed by atoms with van der Waals surface area (Å²) >= 11 is 0. The molecule has 0 aliphatic carbocycles. The zero-order valence-corrected chi connectivity index (χ0v) is 10.1. The Labute approximate surface area is 99.9 Å². The molecular weight excluding hydrogens is 231 g/mol. The van der Waals surface area contributed by atoms with Gasteiger partial charge < -0.3 is 10.2 Å². The number of piperazine rings is 1. The van der Waals surface area contributed by atoms with Crippen LogP contribution in [0.25, 0.3) is 0 Å². The average Bonchev–Trinajstić information content (AvgIpc) is 2.63. The third-order valence-electron chi connectivity index (χ3n) is 3.71. The van der Waals surface area contributed by atoms with Crippen LogP contribution in [0.2, 0.25) is 0 Å². The minimum atomic E-state index is -4.11. The van der Waals surface area contributed by atoms with Gasteiger partial charge in [-0.3, -0.25) is 4.90 Å². The van der Waals surface area contributed by atoms with E-state index in [0.717, 1.165) is 19.5 Å². The maximum atomic E-state index is 12.8. The van der Waals surface area contributed by atoms with E-state index in [9.17, 15) is 13.2 Å². The van der Waals surface area contributed by atoms with Crippen LogP contribution in [-0.2, 0) is 0 Å². The third kappa shape index (κ3) is 3.33. The molecule has 0 spiro atoms. The summed E-state index contributed by atoms with van der Waals surface area (Å²) in [5.74, 6) is 0.392. The topological polar surface area (TPSA) is 18.5 Å². The maximum absolute atomic E-state index is 12.8. The Morgan fingerprint density at radius 3 is 2.65 bits per heavy atom. The van der Waals surface area contributed by atoms with E-state index < -0.39 is 12.2 Å². The molecule has 2 aliphatic heterocycles. The first kappa shape index (κ1) is 13.1. The van der Waals surface area contributed by atoms with Crippen LogP contribution in [0.4, 0.5) is 13.2 Å². The fraction of sp³-hybridized carbons (Fsp3) is 1.00. The molecule has 2 saturated heterocycles. The summed E-state index contributed by atoms with van der Waals surface area (Å²) in [4.78, 5) is 3.80. The highest BCUT2D eigenvalue weighted by Gasteiger charge is 2.45. The lowest BCUT2D eigenvalue weighted by Gasteiger charge is -2.38. The fourth-order valence-corrected chi connectivity index (χ4v) is 2.79. The number of nitrogens with one attached hydrogen (secondary N) is 1. The van der Waals surface area contributed by atoms with Gasteiger partial charge >= 0.3 is 6.18 Å². The number of hydrogen-bond acceptors (Lipinski definition) is 3. The van der Waals surface area contributed by atoms with E-state index in [-0.39, 0.29) is 6.54 Å². The van der Waals surface area contributed by atoms with Gasteiger partial charge in [0.1, 0.15) is 6.04 Å². The van der Waals surface area contributed by atoms with Gasteiger partial charge in [0.2, 0.25) is 0 Å². The van der Waals surface area contributed by atoms with Gasteiger partial charge in [-0.2, -0.15) is 13.2 Å². The molecule has 0 saturated carbocycles. The zero-order chi connectivity index (χ0) is 12.5. The number of halogens is 3. The second kappa shape index (κ2) is 5.12. The predicted molar refractivity (Wildman–Crippen MR) is 59.9 cm³/mol. The molecule has 1 N–H and O–H groups in total. The summed E-state index contributed by atoms with van der Waals surface area (Å²) in [7, 11) is 2.03. The van der Waals surface area contributed by atoms with Crippen LogP contribution in [0.15, 0.2) is 0 Å². The highest BCUT2D eigenvalue weighted by molar-refractivity contribution is 4.88. The second-order valence-electron chi connectivity index (χ2n) is 5.17. The normalized spacial score (nSPS) is 33.2. The summed E-state index contributed by atoms with van der Waals surface area (Å²) in [5.41, 5.74) is 0. The summed E-state index contributed by atoms with van der Waals surface area (Å²) in [6, 6.07) is -1.30. The molecule has 0 aromatic carbocycles. The van der Waals surface area contributed by atoms with Gasteiger partial charge in [-0.25, -0.2) is 0 Å². The molecule has 0 aromatic heterocycles. The highest BCUT2D eigenvalue weighted by Crippen LogP contribution is 2.27. The van der Waals surface area contributed by atoms with E-state index in [2.05, 4.69) is 10.2 Å². The van der Waals surface area contributed by atoms with E-state index in [1.54, 1.807) is 4.90 Å². The largest absolute Gasteiger partial charge is 0.405 e. The van der Waals surface area contributed by atoms with Crippen molar-refractivity contribution in [2.24, 2.45) is 5.92 Å². The van der Waals surface area contributed by atoms with Crippen LogP contribution < -0.4 is 5.32 Å². The van der Waals surface area contributed by atoms with Crippen LogP contribution in [0.3, 0.4) is 0 Å². The molecule has 2 aliphatic rings. The molecule has 3 nitrogen and oxygen atoms in total. The quantitative estimate of drug-likeness (QED) is 0.782. The SMILES string of the molecule is CN1CCC(CN2CCNCC2C(F)(F)F)C1. The summed E-state index contributed by atoms with van der Waals surface area (Å²) in [5, 5.41) is 2.83. The first-order valence-corrected chi connectivity index (χ1v) is 6.17. The first-order valence-electron chi connectivity index (χ1n) is 6.17. The molecule has 0 bridgehead atoms. The van der Waals surface area contributed by atoms with Gasteiger partial charge in [0.05, 0.1) is 0 Å². The second-order valence-corrected chi connectivity index (χ2v) is 5.17. The first-order chi connectivity index (χ1) is 7.97. The maximum Gasteiger partial charge on any atom is 0.405 e. The van der Waals surface area contributed by atoms with Gasteiger partial charge in [-0.1, -0.05) is 0 Å². The smallest absolute Gasteiger partial charge is 0.314 e. The summed E-state index contributed by atoms with van der Waals surface area (Å²) in [6.07, 6.45) is -3.09. The van der Waals surface area contributed by atoms with E-state index in [0.29, 0.717) is 25.6 Å². The molecule has 2 fully saturated rings. The highest BCUT2D eigenvalue weighted by atomic mass is 19.4. The Kier molecular flexibility index (Phi) is 3.95. The number of alkyl halides is 3. The lowest BCUT2D eigenvalue weighted by Crippen LogP contribution is -2.58. The monoisotopic (exact) mass is 251 g/mol. The van der Waals surface area contributed by atoms with E-state index >= 15 is 0 Å². The lowest BCUT2D eigenvalue weighted by atomic mass is 10.1. The molecule has 6 heteroatoms. The minimum absolute atomic E-state index is 0.0338. The molecule has 2 atom stereocenters. The number of rotatable bonds is 2. The summed E-state index contributed by atoms with van der Waals surface area (Å²) < 4.78 is 38.5. The minimum Gasteiger partial charge on any atom is -0.314 e. The van der Waals surface area contributed by atoms with Crippen LogP contribution in [0, 0.1) is 5.92 Å². The molecule has 17 heavy (non-hydrogen) atoms. The van der Waals surface area contributed by atoms with Gasteiger partial charge in [0.25, 0.3) is 0 Å². The Bertz CT molecular complexity index is 257. The Morgan fingerprint density at radius 1 is 1.29 bits per heavy atom. The molecule has 2 unspecified atom stereocenters. The number of hydrogen-bond donors (Lipinski definition) is 1. The molecule has 2 rings (SSSR count). The molecular formula is C11H20F3N3. The van der Waals surface area contributed by atoms with Crippen LogP contribution in [0.5, 0.6) is 0 Å². The lowest BCUT2D eigenvalue weighted by molar-refractivity contribution is -0.188. The molecule has 0 amide bonds. The fourth-order valence-electron chi connectivity index (χ4n) is 2.79. The van der Waals surface area contributed by atoms with E-state index in [1.165, 1.54) is 0 Å². The zero-order valence-electron chi connectivity index (χ0n) is 10.1. The van der Waals surface area contributed by atoms with Crippen LogP contribution in [0.1, 0.15) is 6.42 Å². The van der Waals surface area contributed by atoms with Crippen molar-refractivity contribution in [3.8, 4) is 0 Å². The predicted octanol–water partition coefficient (Wildman–Crippen LogP) is 0.774. The van der Waals surface area contributed by atoms with Crippen molar-refractivity contribution in [3.63, 3.8) is 0 Å². The summed E-state index contributed by atoms with van der Waals surface area (Å²) in [6.45, 7) is 3.71. The Balaban J connectivity index is 1.92. The van der Waals surface area contributed by atoms with Crippen molar-refractivity contribution in [1.82, 2.24) is 15.1 Å². The molecule has 2 heterocycles. The van der Waals surface area contributed by atoms with Crippen molar-refractivity contribution in [2.75, 3.05) is 46.3 Å². The van der Waals surface area contributed by atoms with Crippen LogP contribution >= 0.6 is 0 Å². The number of nitrogens with zero attached hydrogens (tertiary/aromatic N) is 2. The Hall–Kier alpha value is -0.330. The molecule has 0 radical (unpaired) electrons. The van der Waals surface area contributed by atoms with Crippen molar-refractivity contribution >= 4 is 0 Å². The van der Waals surface area contributed by atoms with E-state index in [4.69, 9.17) is 0 Å². The van der Waals surface area contributed by atoms with Crippen LogP contribution in [-0.4, -0.2) is 68.3 Å². The van der Waals surface area contributed by atoms with Crippen molar-refractivity contribution in [1.29, 1.82) is 0 Å². The van der Waals surface area contributed by atoms with Gasteiger partial charge in [0, 0.05) is 32.7 Å². The Morgan fingerprint density at radius 2 is 2.06 bits per heavy atom. The van der Waals surface area contributed by atoms with Gasteiger partial charge in [0.15, 0.2) is 0 Å².